The molecule has 5 heteroatoms. The van der Waals surface area contributed by atoms with E-state index < -0.39 is 0 Å². The van der Waals surface area contributed by atoms with Crippen molar-refractivity contribution < 1.29 is 4.79 Å². The molecule has 1 N–H and O–H groups in total. The van der Waals surface area contributed by atoms with Crippen LogP contribution in [0.15, 0.2) is 53.9 Å². The van der Waals surface area contributed by atoms with Gasteiger partial charge in [-0.15, -0.1) is 11.3 Å². The minimum absolute atomic E-state index is 0.0281. The van der Waals surface area contributed by atoms with Crippen molar-refractivity contribution in [3.05, 3.63) is 75.8 Å². The molecular weight excluding hydrogens is 352 g/mol. The first-order chi connectivity index (χ1) is 12.1. The second kappa shape index (κ2) is 8.28. The molecule has 0 saturated carbocycles. The van der Waals surface area contributed by atoms with Crippen LogP contribution in [-0.4, -0.2) is 10.9 Å². The van der Waals surface area contributed by atoms with Crippen LogP contribution >= 0.6 is 22.9 Å². The lowest BCUT2D eigenvalue weighted by atomic mass is 10.1. The van der Waals surface area contributed by atoms with E-state index in [9.17, 15) is 4.79 Å². The number of amides is 1. The molecule has 128 valence electrons. The van der Waals surface area contributed by atoms with Crippen molar-refractivity contribution in [3.8, 4) is 10.6 Å². The van der Waals surface area contributed by atoms with Gasteiger partial charge in [-0.05, 0) is 36.6 Å². The fourth-order valence-corrected chi connectivity index (χ4v) is 3.55. The van der Waals surface area contributed by atoms with Crippen molar-refractivity contribution in [1.82, 2.24) is 10.3 Å². The van der Waals surface area contributed by atoms with Crippen molar-refractivity contribution in [2.75, 3.05) is 0 Å². The summed E-state index contributed by atoms with van der Waals surface area (Å²) in [5.41, 5.74) is 4.35. The molecular formula is C20H19ClN2OS. The highest BCUT2D eigenvalue weighted by Crippen LogP contribution is 2.26. The average molecular weight is 371 g/mol. The first kappa shape index (κ1) is 17.6. The van der Waals surface area contributed by atoms with Gasteiger partial charge in [0, 0.05) is 22.4 Å². The summed E-state index contributed by atoms with van der Waals surface area (Å²) in [7, 11) is 0. The molecule has 0 fully saturated rings. The highest BCUT2D eigenvalue weighted by molar-refractivity contribution is 7.13. The Bertz CT molecular complexity index is 858. The predicted molar refractivity (Wildman–Crippen MR) is 104 cm³/mol. The van der Waals surface area contributed by atoms with E-state index in [0.29, 0.717) is 24.4 Å². The second-order valence-electron chi connectivity index (χ2n) is 5.86. The van der Waals surface area contributed by atoms with Gasteiger partial charge in [0.2, 0.25) is 5.91 Å². The maximum absolute atomic E-state index is 12.0. The van der Waals surface area contributed by atoms with Gasteiger partial charge in [0.25, 0.3) is 0 Å². The summed E-state index contributed by atoms with van der Waals surface area (Å²) in [6.07, 6.45) is 1.16. The second-order valence-corrected chi connectivity index (χ2v) is 7.16. The van der Waals surface area contributed by atoms with E-state index in [0.717, 1.165) is 21.8 Å². The van der Waals surface area contributed by atoms with Crippen molar-refractivity contribution in [1.29, 1.82) is 0 Å². The molecule has 0 aliphatic heterocycles. The molecule has 0 aliphatic rings. The Kier molecular flexibility index (Phi) is 5.84. The van der Waals surface area contributed by atoms with Crippen molar-refractivity contribution in [2.45, 2.75) is 26.3 Å². The zero-order chi connectivity index (χ0) is 17.6. The topological polar surface area (TPSA) is 42.0 Å². The minimum Gasteiger partial charge on any atom is -0.350 e. The number of nitrogens with one attached hydrogen (secondary N) is 1. The highest BCUT2D eigenvalue weighted by Gasteiger charge is 2.08. The summed E-state index contributed by atoms with van der Waals surface area (Å²) >= 11 is 7.47. The van der Waals surface area contributed by atoms with Gasteiger partial charge in [0.1, 0.15) is 5.01 Å². The van der Waals surface area contributed by atoms with E-state index in [2.05, 4.69) is 29.4 Å². The number of carbonyl (C=O) groups excluding carboxylic acids is 1. The number of halogens is 1. The first-order valence-electron chi connectivity index (χ1n) is 8.13. The number of thiazole rings is 1. The summed E-state index contributed by atoms with van der Waals surface area (Å²) in [6, 6.07) is 15.8. The molecule has 3 rings (SSSR count). The van der Waals surface area contributed by atoms with Crippen molar-refractivity contribution >= 4 is 28.8 Å². The van der Waals surface area contributed by atoms with Gasteiger partial charge < -0.3 is 5.32 Å². The third-order valence-corrected chi connectivity index (χ3v) is 5.12. The molecule has 1 aromatic heterocycles. The number of carbonyl (C=O) groups is 1. The Morgan fingerprint density at radius 2 is 1.92 bits per heavy atom. The third kappa shape index (κ3) is 4.91. The van der Waals surface area contributed by atoms with E-state index in [1.54, 1.807) is 11.3 Å². The molecule has 0 spiro atoms. The number of hydrogen-bond donors (Lipinski definition) is 1. The molecule has 2 aromatic carbocycles. The van der Waals surface area contributed by atoms with Crippen LogP contribution in [0.2, 0.25) is 5.02 Å². The lowest BCUT2D eigenvalue weighted by Gasteiger charge is -2.04. The zero-order valence-electron chi connectivity index (χ0n) is 14.0. The van der Waals surface area contributed by atoms with Crippen LogP contribution in [0.4, 0.5) is 0 Å². The molecule has 3 aromatic rings. The first-order valence-corrected chi connectivity index (χ1v) is 9.39. The molecule has 0 atom stereocenters. The van der Waals surface area contributed by atoms with Gasteiger partial charge in [-0.3, -0.25) is 4.79 Å². The van der Waals surface area contributed by atoms with Gasteiger partial charge in [-0.2, -0.15) is 0 Å². The number of rotatable bonds is 6. The molecule has 0 bridgehead atoms. The van der Waals surface area contributed by atoms with Crippen LogP contribution < -0.4 is 5.32 Å². The fourth-order valence-electron chi connectivity index (χ4n) is 2.51. The van der Waals surface area contributed by atoms with E-state index in [-0.39, 0.29) is 5.91 Å². The molecule has 1 heterocycles. The maximum atomic E-state index is 12.0. The molecule has 0 saturated heterocycles. The van der Waals surface area contributed by atoms with Crippen molar-refractivity contribution in [2.24, 2.45) is 0 Å². The van der Waals surface area contributed by atoms with Gasteiger partial charge >= 0.3 is 0 Å². The smallest absolute Gasteiger partial charge is 0.220 e. The van der Waals surface area contributed by atoms with Crippen LogP contribution in [0.5, 0.6) is 0 Å². The number of nitrogens with zero attached hydrogens (tertiary/aromatic N) is 1. The quantitative estimate of drug-likeness (QED) is 0.661. The standard InChI is InChI=1S/C20H19ClN2OS/c1-14-4-2-3-5-18(14)20-23-17(13-25-20)12-22-19(24)11-8-15-6-9-16(21)10-7-15/h2-7,9-10,13H,8,11-12H2,1H3,(H,22,24). The third-order valence-electron chi connectivity index (χ3n) is 3.95. The summed E-state index contributed by atoms with van der Waals surface area (Å²) in [5, 5.41) is 6.64. The summed E-state index contributed by atoms with van der Waals surface area (Å²) in [6.45, 7) is 2.54. The van der Waals surface area contributed by atoms with Gasteiger partial charge in [-0.1, -0.05) is 48.0 Å². The molecule has 25 heavy (non-hydrogen) atoms. The molecule has 3 nitrogen and oxygen atoms in total. The van der Waals surface area contributed by atoms with Crippen LogP contribution in [0.25, 0.3) is 10.6 Å². The van der Waals surface area contributed by atoms with E-state index >= 15 is 0 Å². The number of aryl methyl sites for hydroxylation is 2. The SMILES string of the molecule is Cc1ccccc1-c1nc(CNC(=O)CCc2ccc(Cl)cc2)cs1. The van der Waals surface area contributed by atoms with Gasteiger partial charge in [0.05, 0.1) is 12.2 Å². The van der Waals surface area contributed by atoms with Crippen LogP contribution in [0.1, 0.15) is 23.2 Å². The molecule has 0 radical (unpaired) electrons. The largest absolute Gasteiger partial charge is 0.350 e. The monoisotopic (exact) mass is 370 g/mol. The Morgan fingerprint density at radius 1 is 1.16 bits per heavy atom. The number of aromatic nitrogens is 1. The van der Waals surface area contributed by atoms with Gasteiger partial charge in [0.15, 0.2) is 0 Å². The van der Waals surface area contributed by atoms with Crippen LogP contribution in [-0.2, 0) is 17.8 Å². The average Bonchev–Trinajstić information content (AvgIpc) is 3.08. The maximum Gasteiger partial charge on any atom is 0.220 e. The molecule has 1 amide bonds. The highest BCUT2D eigenvalue weighted by atomic mass is 35.5. The minimum atomic E-state index is 0.0281. The van der Waals surface area contributed by atoms with E-state index in [1.807, 2.05) is 41.8 Å². The lowest BCUT2D eigenvalue weighted by Crippen LogP contribution is -2.23. The van der Waals surface area contributed by atoms with E-state index in [1.165, 1.54) is 5.56 Å². The number of hydrogen-bond acceptors (Lipinski definition) is 3. The van der Waals surface area contributed by atoms with Crippen LogP contribution in [0, 0.1) is 6.92 Å². The Hall–Kier alpha value is -2.17. The van der Waals surface area contributed by atoms with E-state index in [4.69, 9.17) is 11.6 Å². The Balaban J connectivity index is 1.51. The van der Waals surface area contributed by atoms with Gasteiger partial charge in [-0.25, -0.2) is 4.98 Å². The zero-order valence-corrected chi connectivity index (χ0v) is 15.5. The normalized spacial score (nSPS) is 10.6. The summed E-state index contributed by atoms with van der Waals surface area (Å²) in [4.78, 5) is 16.7. The predicted octanol–water partition coefficient (Wildman–Crippen LogP) is 5.02. The summed E-state index contributed by atoms with van der Waals surface area (Å²) in [5.74, 6) is 0.0281. The molecule has 0 unspecified atom stereocenters. The lowest BCUT2D eigenvalue weighted by molar-refractivity contribution is -0.121. The molecule has 0 aliphatic carbocycles. The van der Waals surface area contributed by atoms with Crippen LogP contribution in [0.3, 0.4) is 0 Å². The Labute approximate surface area is 156 Å². The summed E-state index contributed by atoms with van der Waals surface area (Å²) < 4.78 is 0. The fraction of sp³-hybridized carbons (Fsp3) is 0.200. The Morgan fingerprint density at radius 3 is 2.68 bits per heavy atom. The van der Waals surface area contributed by atoms with Crippen molar-refractivity contribution in [3.63, 3.8) is 0 Å². The number of benzene rings is 2.